The summed E-state index contributed by atoms with van der Waals surface area (Å²) >= 11 is 0. The van der Waals surface area contributed by atoms with Gasteiger partial charge in [0.2, 0.25) is 0 Å². The number of nitrogens with one attached hydrogen (secondary N) is 2. The van der Waals surface area contributed by atoms with E-state index in [9.17, 15) is 9.59 Å². The summed E-state index contributed by atoms with van der Waals surface area (Å²) in [6.45, 7) is 13.6. The highest BCUT2D eigenvalue weighted by Crippen LogP contribution is 2.20. The van der Waals surface area contributed by atoms with Crippen molar-refractivity contribution in [1.82, 2.24) is 15.5 Å². The monoisotopic (exact) mass is 407 g/mol. The van der Waals surface area contributed by atoms with E-state index < -0.39 is 11.1 Å². The average Bonchev–Trinajstić information content (AvgIpc) is 2.62. The van der Waals surface area contributed by atoms with Crippen LogP contribution in [0.25, 0.3) is 0 Å². The van der Waals surface area contributed by atoms with Crippen LogP contribution in [0.15, 0.2) is 12.2 Å². The molecule has 0 saturated heterocycles. The fourth-order valence-electron chi connectivity index (χ4n) is 4.33. The largest absolute Gasteiger partial charge is 0.303 e. The molecule has 1 aliphatic heterocycles. The van der Waals surface area contributed by atoms with Crippen LogP contribution in [-0.4, -0.2) is 60.3 Å². The van der Waals surface area contributed by atoms with Crippen molar-refractivity contribution in [2.45, 2.75) is 97.2 Å². The molecule has 2 N–H and O–H groups in total. The molecular formula is C24H45N3O2. The topological polar surface area (TPSA) is 61.4 Å². The Morgan fingerprint density at radius 1 is 1.10 bits per heavy atom. The Bertz CT molecular complexity index is 558. The normalized spacial score (nSPS) is 30.6. The molecular weight excluding hydrogens is 362 g/mol. The molecule has 1 aliphatic rings. The molecule has 5 nitrogen and oxygen atoms in total. The van der Waals surface area contributed by atoms with E-state index in [1.807, 2.05) is 34.7 Å². The van der Waals surface area contributed by atoms with Crippen LogP contribution in [0.4, 0.5) is 0 Å². The van der Waals surface area contributed by atoms with Crippen LogP contribution < -0.4 is 10.6 Å². The lowest BCUT2D eigenvalue weighted by Gasteiger charge is -2.37. The molecule has 0 aromatic carbocycles. The van der Waals surface area contributed by atoms with Crippen LogP contribution >= 0.6 is 0 Å². The summed E-state index contributed by atoms with van der Waals surface area (Å²) in [5.74, 6) is 0.210. The summed E-state index contributed by atoms with van der Waals surface area (Å²) in [5, 5.41) is 6.87. The van der Waals surface area contributed by atoms with Crippen LogP contribution in [0.2, 0.25) is 0 Å². The molecule has 0 amide bonds. The van der Waals surface area contributed by atoms with Gasteiger partial charge in [0.1, 0.15) is 0 Å². The Morgan fingerprint density at radius 2 is 1.76 bits per heavy atom. The number of Topliss-reactive ketones (excluding diaryl/α,β-unsaturated/α-hetero) is 2. The highest BCUT2D eigenvalue weighted by atomic mass is 16.1. The number of hydrogen-bond donors (Lipinski definition) is 2. The Hall–Kier alpha value is -1.04. The van der Waals surface area contributed by atoms with E-state index in [1.165, 1.54) is 12.8 Å². The van der Waals surface area contributed by atoms with Gasteiger partial charge < -0.3 is 10.2 Å². The zero-order valence-electron chi connectivity index (χ0n) is 19.9. The minimum atomic E-state index is -0.748. The van der Waals surface area contributed by atoms with Gasteiger partial charge in [0.05, 0.1) is 17.6 Å². The van der Waals surface area contributed by atoms with Crippen molar-refractivity contribution in [2.75, 3.05) is 26.7 Å². The van der Waals surface area contributed by atoms with Crippen molar-refractivity contribution in [3.05, 3.63) is 12.2 Å². The molecule has 168 valence electrons. The molecule has 0 aliphatic carbocycles. The Kier molecular flexibility index (Phi) is 10.7. The Morgan fingerprint density at radius 3 is 2.38 bits per heavy atom. The maximum atomic E-state index is 13.3. The predicted molar refractivity (Wildman–Crippen MR) is 122 cm³/mol. The van der Waals surface area contributed by atoms with E-state index in [0.29, 0.717) is 6.54 Å². The molecule has 2 atom stereocenters. The molecule has 1 heterocycles. The molecule has 0 aromatic heterocycles. The van der Waals surface area contributed by atoms with Gasteiger partial charge in [-0.3, -0.25) is 14.9 Å². The smallest absolute Gasteiger partial charge is 0.166 e. The second-order valence-electron chi connectivity index (χ2n) is 9.88. The second kappa shape index (κ2) is 12.0. The lowest BCUT2D eigenvalue weighted by atomic mass is 9.85. The third-order valence-corrected chi connectivity index (χ3v) is 5.90. The van der Waals surface area contributed by atoms with Crippen molar-refractivity contribution >= 4 is 11.6 Å². The third-order valence-electron chi connectivity index (χ3n) is 5.90. The van der Waals surface area contributed by atoms with Gasteiger partial charge in [0.25, 0.3) is 0 Å². The van der Waals surface area contributed by atoms with Gasteiger partial charge in [-0.15, -0.1) is 0 Å². The lowest BCUT2D eigenvalue weighted by Crippen LogP contribution is -2.62. The highest BCUT2D eigenvalue weighted by Gasteiger charge is 2.38. The van der Waals surface area contributed by atoms with E-state index in [-0.39, 0.29) is 30.1 Å². The number of nitrogens with zero attached hydrogens (tertiary/aromatic N) is 1. The second-order valence-corrected chi connectivity index (χ2v) is 9.88. The molecule has 0 unspecified atom stereocenters. The van der Waals surface area contributed by atoms with Gasteiger partial charge in [-0.1, -0.05) is 45.3 Å². The number of likely N-dealkylation sites (N-methyl/N-ethyl adjacent to an activating group) is 1. The number of rotatable bonds is 4. The summed E-state index contributed by atoms with van der Waals surface area (Å²) in [5.41, 5.74) is -1.31. The number of ketones is 2. The lowest BCUT2D eigenvalue weighted by molar-refractivity contribution is -0.130. The van der Waals surface area contributed by atoms with Gasteiger partial charge in [-0.05, 0) is 54.0 Å². The van der Waals surface area contributed by atoms with Gasteiger partial charge >= 0.3 is 0 Å². The van der Waals surface area contributed by atoms with Crippen molar-refractivity contribution in [3.8, 4) is 0 Å². The van der Waals surface area contributed by atoms with Crippen molar-refractivity contribution in [3.63, 3.8) is 0 Å². The van der Waals surface area contributed by atoms with Gasteiger partial charge in [0, 0.05) is 25.0 Å². The minimum Gasteiger partial charge on any atom is -0.303 e. The molecule has 0 spiro atoms. The number of hydrogen-bond acceptors (Lipinski definition) is 5. The first-order valence-electron chi connectivity index (χ1n) is 11.4. The minimum absolute atomic E-state index is 0.0858. The van der Waals surface area contributed by atoms with Gasteiger partial charge in [0.15, 0.2) is 11.6 Å². The summed E-state index contributed by atoms with van der Waals surface area (Å²) in [4.78, 5) is 28.4. The first-order valence-corrected chi connectivity index (χ1v) is 11.4. The molecule has 29 heavy (non-hydrogen) atoms. The summed E-state index contributed by atoms with van der Waals surface area (Å²) < 4.78 is 0. The van der Waals surface area contributed by atoms with E-state index in [0.717, 1.165) is 32.2 Å². The van der Waals surface area contributed by atoms with Crippen LogP contribution in [0.5, 0.6) is 0 Å². The standard InChI is InChI=1S/C24H45N3O2/c1-19(2)22(29)24(6)18-27(7)16-14-12-10-8-9-11-13-15-23(5,26-20(3)4)21(28)17-25-24/h12,14,19-20,25-26H,8-11,13,15-18H2,1-7H3/b14-12+/t23-,24+/m1/s1. The van der Waals surface area contributed by atoms with Crippen molar-refractivity contribution in [1.29, 1.82) is 0 Å². The first kappa shape index (κ1) is 26.0. The fraction of sp³-hybridized carbons (Fsp3) is 0.833. The number of allylic oxidation sites excluding steroid dienone is 1. The molecule has 5 heteroatoms. The summed E-state index contributed by atoms with van der Waals surface area (Å²) in [7, 11) is 2.03. The van der Waals surface area contributed by atoms with Crippen molar-refractivity contribution in [2.24, 2.45) is 5.92 Å². The first-order chi connectivity index (χ1) is 13.5. The maximum Gasteiger partial charge on any atom is 0.166 e. The zero-order valence-corrected chi connectivity index (χ0v) is 19.9. The Labute approximate surface area is 179 Å². The van der Waals surface area contributed by atoms with E-state index in [1.54, 1.807) is 0 Å². The van der Waals surface area contributed by atoms with E-state index in [4.69, 9.17) is 0 Å². The predicted octanol–water partition coefficient (Wildman–Crippen LogP) is 3.73. The fourth-order valence-corrected chi connectivity index (χ4v) is 4.33. The van der Waals surface area contributed by atoms with Gasteiger partial charge in [-0.2, -0.15) is 0 Å². The van der Waals surface area contributed by atoms with Crippen LogP contribution in [-0.2, 0) is 9.59 Å². The number of carbonyl (C=O) groups excluding carboxylic acids is 2. The molecule has 0 fully saturated rings. The number of carbonyl (C=O) groups is 2. The summed E-state index contributed by atoms with van der Waals surface area (Å²) in [6, 6.07) is 0.231. The molecule has 0 radical (unpaired) electrons. The quantitative estimate of drug-likeness (QED) is 0.696. The molecule has 1 rings (SSSR count). The summed E-state index contributed by atoms with van der Waals surface area (Å²) in [6.07, 6.45) is 10.9. The van der Waals surface area contributed by atoms with Crippen LogP contribution in [0.1, 0.15) is 80.1 Å². The van der Waals surface area contributed by atoms with E-state index >= 15 is 0 Å². The molecule has 0 saturated carbocycles. The molecule has 0 aromatic rings. The van der Waals surface area contributed by atoms with Crippen LogP contribution in [0.3, 0.4) is 0 Å². The SMILES string of the molecule is CC(C)N[C@]1(C)CCCCCC/C=C/CN(C)C[C@@](C)(C(=O)C(C)C)NCC1=O. The van der Waals surface area contributed by atoms with Crippen LogP contribution in [0, 0.1) is 5.92 Å². The molecule has 0 bridgehead atoms. The van der Waals surface area contributed by atoms with Crippen molar-refractivity contribution < 1.29 is 9.59 Å². The zero-order chi connectivity index (χ0) is 22.1. The third kappa shape index (κ3) is 8.69. The van der Waals surface area contributed by atoms with Gasteiger partial charge in [-0.25, -0.2) is 0 Å². The highest BCUT2D eigenvalue weighted by molar-refractivity contribution is 5.93. The Balaban J connectivity index is 3.08. The average molecular weight is 408 g/mol. The van der Waals surface area contributed by atoms with E-state index in [2.05, 4.69) is 41.5 Å². The maximum absolute atomic E-state index is 13.3.